The fourth-order valence-corrected chi connectivity index (χ4v) is 5.14. The van der Waals surface area contributed by atoms with E-state index in [2.05, 4.69) is 25.2 Å². The SMILES string of the molecule is O=C(Cc1nc2c(C(F)(F)F)cccc2[nH]1)NC1CN(C2CCCOCC2)CC1OCc1ccccn1. The van der Waals surface area contributed by atoms with Gasteiger partial charge in [0.25, 0.3) is 0 Å². The third-order valence-electron chi connectivity index (χ3n) is 6.95. The lowest BCUT2D eigenvalue weighted by molar-refractivity contribution is -0.136. The Balaban J connectivity index is 1.27. The molecule has 37 heavy (non-hydrogen) atoms. The second-order valence-electron chi connectivity index (χ2n) is 9.56. The molecule has 0 bridgehead atoms. The number of nitrogens with one attached hydrogen (secondary N) is 2. The molecule has 3 atom stereocenters. The van der Waals surface area contributed by atoms with Gasteiger partial charge in [-0.2, -0.15) is 13.2 Å². The minimum Gasteiger partial charge on any atom is -0.381 e. The molecule has 2 N–H and O–H groups in total. The van der Waals surface area contributed by atoms with Crippen molar-refractivity contribution < 1.29 is 27.4 Å². The zero-order valence-corrected chi connectivity index (χ0v) is 20.3. The van der Waals surface area contributed by atoms with Crippen LogP contribution >= 0.6 is 0 Å². The molecule has 0 aliphatic carbocycles. The zero-order chi connectivity index (χ0) is 25.8. The Hall–Kier alpha value is -3.02. The van der Waals surface area contributed by atoms with E-state index in [0.29, 0.717) is 32.3 Å². The molecule has 0 saturated carbocycles. The summed E-state index contributed by atoms with van der Waals surface area (Å²) >= 11 is 0. The highest BCUT2D eigenvalue weighted by Gasteiger charge is 2.38. The Kier molecular flexibility index (Phi) is 7.73. The Morgan fingerprint density at radius 3 is 2.86 bits per heavy atom. The molecule has 2 aliphatic rings. The summed E-state index contributed by atoms with van der Waals surface area (Å²) in [5, 5.41) is 3.05. The number of ether oxygens (including phenoxy) is 2. The lowest BCUT2D eigenvalue weighted by atomic mass is 10.1. The number of hydrogen-bond acceptors (Lipinski definition) is 6. The highest BCUT2D eigenvalue weighted by molar-refractivity contribution is 5.82. The maximum absolute atomic E-state index is 13.3. The fraction of sp³-hybridized carbons (Fsp3) is 0.500. The van der Waals surface area contributed by atoms with Gasteiger partial charge < -0.3 is 19.8 Å². The smallest absolute Gasteiger partial charge is 0.381 e. The number of para-hydroxylation sites is 1. The number of fused-ring (bicyclic) bond motifs is 1. The summed E-state index contributed by atoms with van der Waals surface area (Å²) in [5.41, 5.74) is 0.0418. The standard InChI is InChI=1S/C26H30F3N5O3/c27-26(28,29)19-7-3-8-20-25(19)33-23(31-20)13-24(35)32-21-14-34(18-6-4-11-36-12-9-18)15-22(21)37-16-17-5-1-2-10-30-17/h1-3,5,7-8,10,18,21-22H,4,6,9,11-16H2,(H,31,33)(H,32,35). The number of carbonyl (C=O) groups is 1. The molecule has 1 amide bonds. The second kappa shape index (κ2) is 11.2. The number of aromatic amines is 1. The van der Waals surface area contributed by atoms with Crippen molar-refractivity contribution in [3.63, 3.8) is 0 Å². The van der Waals surface area contributed by atoms with E-state index >= 15 is 0 Å². The van der Waals surface area contributed by atoms with Gasteiger partial charge >= 0.3 is 6.18 Å². The lowest BCUT2D eigenvalue weighted by Crippen LogP contribution is -2.45. The molecule has 3 unspecified atom stereocenters. The molecule has 5 rings (SSSR count). The van der Waals surface area contributed by atoms with Crippen LogP contribution < -0.4 is 5.32 Å². The first-order chi connectivity index (χ1) is 17.9. The normalized spacial score (nSPS) is 23.3. The van der Waals surface area contributed by atoms with Gasteiger partial charge in [-0.1, -0.05) is 12.1 Å². The molecule has 1 aromatic carbocycles. The molecule has 2 fully saturated rings. The number of carbonyl (C=O) groups excluding carboxylic acids is 1. The summed E-state index contributed by atoms with van der Waals surface area (Å²) in [7, 11) is 0. The first-order valence-corrected chi connectivity index (χ1v) is 12.5. The van der Waals surface area contributed by atoms with Crippen LogP contribution in [0.1, 0.15) is 36.3 Å². The maximum Gasteiger partial charge on any atom is 0.418 e. The summed E-state index contributed by atoms with van der Waals surface area (Å²) < 4.78 is 51.9. The van der Waals surface area contributed by atoms with Crippen LogP contribution in [0.25, 0.3) is 11.0 Å². The number of halogens is 3. The van der Waals surface area contributed by atoms with Crippen LogP contribution in [0.15, 0.2) is 42.6 Å². The monoisotopic (exact) mass is 517 g/mol. The number of imidazole rings is 1. The second-order valence-corrected chi connectivity index (χ2v) is 9.56. The van der Waals surface area contributed by atoms with Gasteiger partial charge in [-0.05, 0) is 43.5 Å². The number of H-pyrrole nitrogens is 1. The van der Waals surface area contributed by atoms with Crippen LogP contribution in [0.3, 0.4) is 0 Å². The van der Waals surface area contributed by atoms with Gasteiger partial charge in [-0.15, -0.1) is 0 Å². The molecule has 4 heterocycles. The minimum atomic E-state index is -4.53. The number of likely N-dealkylation sites (tertiary alicyclic amines) is 1. The van der Waals surface area contributed by atoms with E-state index in [1.165, 1.54) is 12.1 Å². The van der Waals surface area contributed by atoms with Gasteiger partial charge in [-0.3, -0.25) is 14.7 Å². The van der Waals surface area contributed by atoms with E-state index in [4.69, 9.17) is 9.47 Å². The molecule has 198 valence electrons. The highest BCUT2D eigenvalue weighted by Crippen LogP contribution is 2.33. The van der Waals surface area contributed by atoms with Crippen LogP contribution in [-0.2, 0) is 33.5 Å². The summed E-state index contributed by atoms with van der Waals surface area (Å²) in [5.74, 6) is -0.138. The number of rotatable bonds is 7. The molecule has 0 radical (unpaired) electrons. The van der Waals surface area contributed by atoms with Crippen molar-refractivity contribution in [2.75, 3.05) is 26.3 Å². The summed E-state index contributed by atoms with van der Waals surface area (Å²) in [6.45, 7) is 3.09. The van der Waals surface area contributed by atoms with Gasteiger partial charge in [0.1, 0.15) is 11.3 Å². The van der Waals surface area contributed by atoms with Gasteiger partial charge in [0.05, 0.1) is 41.9 Å². The largest absolute Gasteiger partial charge is 0.418 e. The maximum atomic E-state index is 13.3. The van der Waals surface area contributed by atoms with Gasteiger partial charge in [0.2, 0.25) is 5.91 Å². The van der Waals surface area contributed by atoms with Crippen molar-refractivity contribution in [2.24, 2.45) is 0 Å². The Morgan fingerprint density at radius 2 is 2.05 bits per heavy atom. The van der Waals surface area contributed by atoms with Crippen LogP contribution in [0.2, 0.25) is 0 Å². The Labute approximate surface area is 212 Å². The third kappa shape index (κ3) is 6.28. The summed E-state index contributed by atoms with van der Waals surface area (Å²) in [4.78, 5) is 26.6. The highest BCUT2D eigenvalue weighted by atomic mass is 19.4. The summed E-state index contributed by atoms with van der Waals surface area (Å²) in [6.07, 6.45) is -0.286. The quantitative estimate of drug-likeness (QED) is 0.499. The van der Waals surface area contributed by atoms with Crippen LogP contribution in [0.5, 0.6) is 0 Å². The van der Waals surface area contributed by atoms with Crippen molar-refractivity contribution >= 4 is 16.9 Å². The number of hydrogen-bond donors (Lipinski definition) is 2. The van der Waals surface area contributed by atoms with Gasteiger partial charge in [0, 0.05) is 38.5 Å². The molecule has 8 nitrogen and oxygen atoms in total. The number of amides is 1. The number of pyridine rings is 1. The number of benzene rings is 1. The average molecular weight is 518 g/mol. The summed E-state index contributed by atoms with van der Waals surface area (Å²) in [6, 6.07) is 9.54. The lowest BCUT2D eigenvalue weighted by Gasteiger charge is -2.26. The van der Waals surface area contributed by atoms with E-state index in [1.54, 1.807) is 6.20 Å². The van der Waals surface area contributed by atoms with Crippen molar-refractivity contribution in [3.05, 3.63) is 59.7 Å². The van der Waals surface area contributed by atoms with Crippen molar-refractivity contribution in [1.29, 1.82) is 0 Å². The van der Waals surface area contributed by atoms with Crippen molar-refractivity contribution in [2.45, 2.75) is 56.7 Å². The van der Waals surface area contributed by atoms with Gasteiger partial charge in [-0.25, -0.2) is 4.98 Å². The molecule has 2 aromatic heterocycles. The third-order valence-corrected chi connectivity index (χ3v) is 6.95. The van der Waals surface area contributed by atoms with E-state index in [1.807, 2.05) is 18.2 Å². The molecule has 11 heteroatoms. The van der Waals surface area contributed by atoms with E-state index < -0.39 is 11.7 Å². The topological polar surface area (TPSA) is 92.4 Å². The number of nitrogens with zero attached hydrogens (tertiary/aromatic N) is 3. The predicted molar refractivity (Wildman–Crippen MR) is 130 cm³/mol. The van der Waals surface area contributed by atoms with Crippen LogP contribution in [0.4, 0.5) is 13.2 Å². The Morgan fingerprint density at radius 1 is 1.16 bits per heavy atom. The zero-order valence-electron chi connectivity index (χ0n) is 20.3. The van der Waals surface area contributed by atoms with Crippen LogP contribution in [0, 0.1) is 0 Å². The first kappa shape index (κ1) is 25.6. The molecule has 0 spiro atoms. The molecule has 3 aromatic rings. The molecular weight excluding hydrogens is 487 g/mol. The first-order valence-electron chi connectivity index (χ1n) is 12.5. The van der Waals surface area contributed by atoms with Crippen molar-refractivity contribution in [1.82, 2.24) is 25.2 Å². The predicted octanol–water partition coefficient (Wildman–Crippen LogP) is 3.47. The molecular formula is C26H30F3N5O3. The number of aromatic nitrogens is 3. The van der Waals surface area contributed by atoms with E-state index in [-0.39, 0.29) is 41.3 Å². The van der Waals surface area contributed by atoms with E-state index in [0.717, 1.165) is 37.6 Å². The minimum absolute atomic E-state index is 0.160. The molecule has 2 aliphatic heterocycles. The fourth-order valence-electron chi connectivity index (χ4n) is 5.14. The van der Waals surface area contributed by atoms with E-state index in [9.17, 15) is 18.0 Å². The van der Waals surface area contributed by atoms with Crippen LogP contribution in [-0.4, -0.2) is 70.2 Å². The molecule has 2 saturated heterocycles. The Bertz CT molecular complexity index is 1200. The van der Waals surface area contributed by atoms with Gasteiger partial charge in [0.15, 0.2) is 0 Å². The average Bonchev–Trinajstić information content (AvgIpc) is 3.35. The number of alkyl halides is 3. The van der Waals surface area contributed by atoms with Crippen molar-refractivity contribution in [3.8, 4) is 0 Å².